The second-order valence-corrected chi connectivity index (χ2v) is 2.73. The smallest absolute Gasteiger partial charge is 0.167 e. The van der Waals surface area contributed by atoms with Crippen LogP contribution in [0.4, 0.5) is 10.1 Å². The molecule has 0 spiro atoms. The molecule has 1 rings (SSSR count). The molecule has 0 radical (unpaired) electrons. The Kier molecular flexibility index (Phi) is 3.89. The van der Waals surface area contributed by atoms with E-state index in [9.17, 15) is 4.39 Å². The van der Waals surface area contributed by atoms with Gasteiger partial charge < -0.3 is 10.1 Å². The van der Waals surface area contributed by atoms with Crippen molar-refractivity contribution in [3.8, 4) is 5.75 Å². The number of anilines is 1. The van der Waals surface area contributed by atoms with Crippen LogP contribution in [0, 0.1) is 5.82 Å². The monoisotopic (exact) mass is 201 g/mol. The highest BCUT2D eigenvalue weighted by Gasteiger charge is 2.02. The number of halogens is 1. The molecule has 2 nitrogen and oxygen atoms in total. The van der Waals surface area contributed by atoms with Gasteiger partial charge in [0, 0.05) is 11.8 Å². The van der Waals surface area contributed by atoms with Gasteiger partial charge in [-0.3, -0.25) is 0 Å². The minimum Gasteiger partial charge on any atom is -0.491 e. The van der Waals surface area contributed by atoms with Crippen molar-refractivity contribution in [1.29, 1.82) is 0 Å². The summed E-state index contributed by atoms with van der Waals surface area (Å²) in [6, 6.07) is 4.75. The van der Waals surface area contributed by atoms with E-state index in [2.05, 4.69) is 17.9 Å². The SMILES string of the molecule is CCOc1ccc(NCS)cc1F. The number of hydrogen-bond donors (Lipinski definition) is 2. The van der Waals surface area contributed by atoms with Gasteiger partial charge in [0.15, 0.2) is 11.6 Å². The van der Waals surface area contributed by atoms with Crippen molar-refractivity contribution in [2.45, 2.75) is 6.92 Å². The van der Waals surface area contributed by atoms with Gasteiger partial charge >= 0.3 is 0 Å². The van der Waals surface area contributed by atoms with Gasteiger partial charge in [-0.15, -0.1) is 0 Å². The van der Waals surface area contributed by atoms with Crippen LogP contribution in [0.2, 0.25) is 0 Å². The first-order valence-electron chi connectivity index (χ1n) is 4.05. The third-order valence-electron chi connectivity index (χ3n) is 1.51. The maximum atomic E-state index is 13.2. The quantitative estimate of drug-likeness (QED) is 0.577. The van der Waals surface area contributed by atoms with E-state index in [1.165, 1.54) is 6.07 Å². The molecule has 1 aromatic rings. The molecule has 0 saturated carbocycles. The van der Waals surface area contributed by atoms with Gasteiger partial charge in [-0.2, -0.15) is 12.6 Å². The number of ether oxygens (including phenoxy) is 1. The summed E-state index contributed by atoms with van der Waals surface area (Å²) in [4.78, 5) is 0. The topological polar surface area (TPSA) is 21.3 Å². The largest absolute Gasteiger partial charge is 0.491 e. The Morgan fingerprint density at radius 1 is 1.54 bits per heavy atom. The van der Waals surface area contributed by atoms with E-state index in [0.29, 0.717) is 18.2 Å². The Labute approximate surface area is 82.5 Å². The van der Waals surface area contributed by atoms with Crippen molar-refractivity contribution in [2.75, 3.05) is 17.8 Å². The fourth-order valence-electron chi connectivity index (χ4n) is 0.975. The Balaban J connectivity index is 2.79. The highest BCUT2D eigenvalue weighted by Crippen LogP contribution is 2.20. The molecule has 0 saturated heterocycles. The first-order valence-corrected chi connectivity index (χ1v) is 4.68. The van der Waals surface area contributed by atoms with Crippen LogP contribution in [-0.2, 0) is 0 Å². The number of thiol groups is 1. The van der Waals surface area contributed by atoms with Crippen molar-refractivity contribution >= 4 is 18.3 Å². The Bertz CT molecular complexity index is 280. The van der Waals surface area contributed by atoms with Gasteiger partial charge in [0.2, 0.25) is 0 Å². The highest BCUT2D eigenvalue weighted by atomic mass is 32.1. The number of hydrogen-bond acceptors (Lipinski definition) is 3. The number of rotatable bonds is 4. The summed E-state index contributed by atoms with van der Waals surface area (Å²) >= 11 is 3.97. The predicted octanol–water partition coefficient (Wildman–Crippen LogP) is 2.52. The molecule has 0 heterocycles. The minimum atomic E-state index is -0.353. The van der Waals surface area contributed by atoms with Gasteiger partial charge in [0.05, 0.1) is 12.5 Å². The molecule has 0 atom stereocenters. The van der Waals surface area contributed by atoms with Crippen LogP contribution >= 0.6 is 12.6 Å². The summed E-state index contributed by atoms with van der Waals surface area (Å²) in [5, 5.41) is 2.89. The fraction of sp³-hybridized carbons (Fsp3) is 0.333. The molecule has 4 heteroatoms. The summed E-state index contributed by atoms with van der Waals surface area (Å²) in [5.41, 5.74) is 0.705. The van der Waals surface area contributed by atoms with Crippen LogP contribution in [0.25, 0.3) is 0 Å². The zero-order valence-corrected chi connectivity index (χ0v) is 8.27. The molecule has 0 aromatic heterocycles. The third kappa shape index (κ3) is 2.81. The van der Waals surface area contributed by atoms with E-state index < -0.39 is 0 Å². The third-order valence-corrected chi connectivity index (χ3v) is 1.67. The van der Waals surface area contributed by atoms with Crippen LogP contribution in [0.5, 0.6) is 5.75 Å². The molecule has 0 fully saturated rings. The summed E-state index contributed by atoms with van der Waals surface area (Å²) < 4.78 is 18.2. The summed E-state index contributed by atoms with van der Waals surface area (Å²) in [6.07, 6.45) is 0. The lowest BCUT2D eigenvalue weighted by molar-refractivity contribution is 0.321. The van der Waals surface area contributed by atoms with Crippen molar-refractivity contribution < 1.29 is 9.13 Å². The maximum absolute atomic E-state index is 13.2. The van der Waals surface area contributed by atoms with E-state index in [1.54, 1.807) is 12.1 Å². The Hall–Kier alpha value is -0.900. The Morgan fingerprint density at radius 2 is 2.31 bits per heavy atom. The Morgan fingerprint density at radius 3 is 2.85 bits per heavy atom. The van der Waals surface area contributed by atoms with E-state index in [0.717, 1.165) is 0 Å². The summed E-state index contributed by atoms with van der Waals surface area (Å²) in [5.74, 6) is 0.411. The first-order chi connectivity index (χ1) is 6.27. The molecular weight excluding hydrogens is 189 g/mol. The average molecular weight is 201 g/mol. The minimum absolute atomic E-state index is 0.284. The number of benzene rings is 1. The van der Waals surface area contributed by atoms with E-state index in [1.807, 2.05) is 6.92 Å². The molecule has 0 unspecified atom stereocenters. The maximum Gasteiger partial charge on any atom is 0.167 e. The molecule has 13 heavy (non-hydrogen) atoms. The van der Waals surface area contributed by atoms with Crippen molar-refractivity contribution in [1.82, 2.24) is 0 Å². The lowest BCUT2D eigenvalue weighted by Gasteiger charge is -2.06. The van der Waals surface area contributed by atoms with E-state index >= 15 is 0 Å². The second kappa shape index (κ2) is 4.97. The van der Waals surface area contributed by atoms with Crippen molar-refractivity contribution in [3.05, 3.63) is 24.0 Å². The van der Waals surface area contributed by atoms with Crippen LogP contribution in [0.3, 0.4) is 0 Å². The zero-order chi connectivity index (χ0) is 9.68. The molecule has 72 valence electrons. The summed E-state index contributed by atoms with van der Waals surface area (Å²) in [6.45, 7) is 2.29. The van der Waals surface area contributed by atoms with Crippen LogP contribution in [-0.4, -0.2) is 12.5 Å². The molecule has 0 aliphatic rings. The summed E-state index contributed by atoms with van der Waals surface area (Å²) in [7, 11) is 0. The standard InChI is InChI=1S/C9H12FNOS/c1-2-12-9-4-3-7(11-6-13)5-8(9)10/h3-5,11,13H,2,6H2,1H3. The van der Waals surface area contributed by atoms with Crippen LogP contribution in [0.15, 0.2) is 18.2 Å². The molecule has 0 aliphatic heterocycles. The van der Waals surface area contributed by atoms with Crippen molar-refractivity contribution in [2.24, 2.45) is 0 Å². The van der Waals surface area contributed by atoms with Gasteiger partial charge in [-0.25, -0.2) is 4.39 Å². The van der Waals surface area contributed by atoms with Gasteiger partial charge in [0.25, 0.3) is 0 Å². The molecule has 1 N–H and O–H groups in total. The lowest BCUT2D eigenvalue weighted by Crippen LogP contribution is -1.98. The molecular formula is C9H12FNOS. The average Bonchev–Trinajstić information content (AvgIpc) is 2.10. The van der Waals surface area contributed by atoms with Crippen molar-refractivity contribution in [3.63, 3.8) is 0 Å². The highest BCUT2D eigenvalue weighted by molar-refractivity contribution is 7.80. The second-order valence-electron chi connectivity index (χ2n) is 2.41. The van der Waals surface area contributed by atoms with Crippen LogP contribution in [0.1, 0.15) is 6.92 Å². The van der Waals surface area contributed by atoms with Crippen LogP contribution < -0.4 is 10.1 Å². The molecule has 1 aromatic carbocycles. The van der Waals surface area contributed by atoms with Gasteiger partial charge in [-0.1, -0.05) is 0 Å². The normalized spacial score (nSPS) is 9.77. The van der Waals surface area contributed by atoms with E-state index in [-0.39, 0.29) is 11.6 Å². The van der Waals surface area contributed by atoms with E-state index in [4.69, 9.17) is 4.74 Å². The fourth-order valence-corrected chi connectivity index (χ4v) is 1.16. The van der Waals surface area contributed by atoms with Gasteiger partial charge in [0.1, 0.15) is 0 Å². The molecule has 0 amide bonds. The molecule has 0 aliphatic carbocycles. The zero-order valence-electron chi connectivity index (χ0n) is 7.38. The lowest BCUT2D eigenvalue weighted by atomic mass is 10.3. The number of nitrogens with one attached hydrogen (secondary N) is 1. The predicted molar refractivity (Wildman–Crippen MR) is 55.0 cm³/mol. The first kappa shape index (κ1) is 10.2. The van der Waals surface area contributed by atoms with Gasteiger partial charge in [-0.05, 0) is 19.1 Å². The molecule has 0 bridgehead atoms.